The summed E-state index contributed by atoms with van der Waals surface area (Å²) in [7, 11) is 3.77. The number of aromatic nitrogens is 1. The van der Waals surface area contributed by atoms with Crippen molar-refractivity contribution < 1.29 is 9.47 Å². The van der Waals surface area contributed by atoms with Gasteiger partial charge in [0.15, 0.2) is 0 Å². The molecule has 0 bridgehead atoms. The predicted molar refractivity (Wildman–Crippen MR) is 99.2 cm³/mol. The molecule has 0 N–H and O–H groups in total. The first kappa shape index (κ1) is 16.7. The van der Waals surface area contributed by atoms with Crippen LogP contribution in [0, 0.1) is 0 Å². The van der Waals surface area contributed by atoms with Gasteiger partial charge in [0.1, 0.15) is 23.1 Å². The van der Waals surface area contributed by atoms with Crippen molar-refractivity contribution in [1.82, 2.24) is 9.88 Å². The van der Waals surface area contributed by atoms with E-state index in [2.05, 4.69) is 37.1 Å². The Hall–Kier alpha value is -2.11. The zero-order valence-electron chi connectivity index (χ0n) is 14.2. The fourth-order valence-corrected chi connectivity index (χ4v) is 3.52. The molecular weight excluding hydrogens is 320 g/mol. The van der Waals surface area contributed by atoms with E-state index < -0.39 is 0 Å². The highest BCUT2D eigenvalue weighted by molar-refractivity contribution is 7.18. The van der Waals surface area contributed by atoms with E-state index in [1.54, 1.807) is 18.4 Å². The number of thiazole rings is 1. The lowest BCUT2D eigenvalue weighted by Gasteiger charge is -2.22. The van der Waals surface area contributed by atoms with Crippen LogP contribution in [0.4, 0.5) is 0 Å². The van der Waals surface area contributed by atoms with Gasteiger partial charge in [0.25, 0.3) is 0 Å². The first-order valence-electron chi connectivity index (χ1n) is 8.00. The molecule has 0 saturated heterocycles. The molecule has 1 heterocycles. The largest absolute Gasteiger partial charge is 0.497 e. The van der Waals surface area contributed by atoms with Crippen LogP contribution < -0.4 is 9.47 Å². The Morgan fingerprint density at radius 2 is 1.79 bits per heavy atom. The molecule has 2 aromatic carbocycles. The van der Waals surface area contributed by atoms with Crippen molar-refractivity contribution in [2.45, 2.75) is 13.0 Å². The minimum absolute atomic E-state index is 0.266. The number of hydrogen-bond donors (Lipinski definition) is 0. The Balaban J connectivity index is 1.54. The molecule has 0 spiro atoms. The third kappa shape index (κ3) is 3.86. The summed E-state index contributed by atoms with van der Waals surface area (Å²) in [6.07, 6.45) is 0. The second kappa shape index (κ2) is 7.64. The number of rotatable bonds is 7. The monoisotopic (exact) mass is 342 g/mol. The first-order chi connectivity index (χ1) is 11.7. The van der Waals surface area contributed by atoms with E-state index >= 15 is 0 Å². The van der Waals surface area contributed by atoms with Crippen molar-refractivity contribution in [2.75, 3.05) is 27.3 Å². The third-order valence-electron chi connectivity index (χ3n) is 4.10. The Morgan fingerprint density at radius 1 is 1.08 bits per heavy atom. The molecule has 0 radical (unpaired) electrons. The summed E-state index contributed by atoms with van der Waals surface area (Å²) >= 11 is 1.76. The second-order valence-electron chi connectivity index (χ2n) is 5.70. The van der Waals surface area contributed by atoms with E-state index in [4.69, 9.17) is 14.5 Å². The van der Waals surface area contributed by atoms with E-state index in [0.717, 1.165) is 28.6 Å². The van der Waals surface area contributed by atoms with E-state index in [1.165, 1.54) is 4.70 Å². The second-order valence-corrected chi connectivity index (χ2v) is 6.76. The van der Waals surface area contributed by atoms with Crippen LogP contribution in [-0.2, 0) is 0 Å². The van der Waals surface area contributed by atoms with Crippen molar-refractivity contribution >= 4 is 21.6 Å². The van der Waals surface area contributed by atoms with Crippen LogP contribution in [0.25, 0.3) is 10.2 Å². The van der Waals surface area contributed by atoms with Gasteiger partial charge < -0.3 is 9.47 Å². The van der Waals surface area contributed by atoms with E-state index in [1.807, 2.05) is 30.3 Å². The molecule has 3 rings (SSSR count). The molecule has 1 unspecified atom stereocenters. The Kier molecular flexibility index (Phi) is 5.33. The molecule has 0 aliphatic carbocycles. The topological polar surface area (TPSA) is 34.6 Å². The average molecular weight is 342 g/mol. The van der Waals surface area contributed by atoms with Crippen LogP contribution in [0.2, 0.25) is 0 Å². The fraction of sp³-hybridized carbons (Fsp3) is 0.316. The van der Waals surface area contributed by atoms with Gasteiger partial charge in [-0.1, -0.05) is 12.1 Å². The van der Waals surface area contributed by atoms with Crippen molar-refractivity contribution in [2.24, 2.45) is 0 Å². The van der Waals surface area contributed by atoms with Gasteiger partial charge >= 0.3 is 0 Å². The van der Waals surface area contributed by atoms with Crippen LogP contribution >= 0.6 is 11.3 Å². The number of likely N-dealkylation sites (N-methyl/N-ethyl adjacent to an activating group) is 1. The summed E-state index contributed by atoms with van der Waals surface area (Å²) in [5.41, 5.74) is 1.08. The molecule has 3 aromatic rings. The molecule has 4 nitrogen and oxygen atoms in total. The maximum Gasteiger partial charge on any atom is 0.119 e. The fourth-order valence-electron chi connectivity index (χ4n) is 2.43. The summed E-state index contributed by atoms with van der Waals surface area (Å²) in [5, 5.41) is 1.14. The standard InChI is InChI=1S/C19H22N2O2S/c1-14(19-20-17-6-4-5-7-18(17)24-19)21(2)12-13-23-16-10-8-15(22-3)9-11-16/h4-11,14H,12-13H2,1-3H3. The molecule has 24 heavy (non-hydrogen) atoms. The van der Waals surface area contributed by atoms with Gasteiger partial charge in [-0.05, 0) is 50.4 Å². The number of hydrogen-bond acceptors (Lipinski definition) is 5. The Bertz CT molecular complexity index is 752. The van der Waals surface area contributed by atoms with Gasteiger partial charge in [-0.2, -0.15) is 0 Å². The van der Waals surface area contributed by atoms with E-state index in [0.29, 0.717) is 6.61 Å². The van der Waals surface area contributed by atoms with Crippen LogP contribution in [0.1, 0.15) is 18.0 Å². The summed E-state index contributed by atoms with van der Waals surface area (Å²) in [4.78, 5) is 7.01. The van der Waals surface area contributed by atoms with E-state index in [9.17, 15) is 0 Å². The van der Waals surface area contributed by atoms with Gasteiger partial charge in [0.2, 0.25) is 0 Å². The quantitative estimate of drug-likeness (QED) is 0.638. The maximum absolute atomic E-state index is 5.81. The normalized spacial score (nSPS) is 12.5. The Labute approximate surface area is 146 Å². The van der Waals surface area contributed by atoms with Crippen molar-refractivity contribution in [3.8, 4) is 11.5 Å². The smallest absolute Gasteiger partial charge is 0.119 e. The highest BCUT2D eigenvalue weighted by Gasteiger charge is 2.16. The number of nitrogens with zero attached hydrogens (tertiary/aromatic N) is 2. The molecule has 1 aromatic heterocycles. The van der Waals surface area contributed by atoms with Gasteiger partial charge in [0, 0.05) is 6.54 Å². The zero-order chi connectivity index (χ0) is 16.9. The van der Waals surface area contributed by atoms with Crippen molar-refractivity contribution in [3.63, 3.8) is 0 Å². The molecular formula is C19H22N2O2S. The van der Waals surface area contributed by atoms with Gasteiger partial charge in [-0.25, -0.2) is 4.98 Å². The van der Waals surface area contributed by atoms with Crippen molar-refractivity contribution in [3.05, 3.63) is 53.5 Å². The highest BCUT2D eigenvalue weighted by Crippen LogP contribution is 2.28. The maximum atomic E-state index is 5.81. The molecule has 0 amide bonds. The van der Waals surface area contributed by atoms with Crippen LogP contribution in [0.3, 0.4) is 0 Å². The first-order valence-corrected chi connectivity index (χ1v) is 8.81. The minimum Gasteiger partial charge on any atom is -0.497 e. The lowest BCUT2D eigenvalue weighted by Crippen LogP contribution is -2.27. The molecule has 0 saturated carbocycles. The van der Waals surface area contributed by atoms with Crippen LogP contribution in [0.5, 0.6) is 11.5 Å². The lowest BCUT2D eigenvalue weighted by molar-refractivity contribution is 0.200. The third-order valence-corrected chi connectivity index (χ3v) is 5.31. The van der Waals surface area contributed by atoms with Crippen LogP contribution in [-0.4, -0.2) is 37.2 Å². The number of benzene rings is 2. The molecule has 5 heteroatoms. The number of ether oxygens (including phenoxy) is 2. The molecule has 0 aliphatic rings. The van der Waals surface area contributed by atoms with Gasteiger partial charge in [-0.15, -0.1) is 11.3 Å². The number of methoxy groups -OCH3 is 1. The predicted octanol–water partition coefficient (Wildman–Crippen LogP) is 4.38. The Morgan fingerprint density at radius 3 is 2.50 bits per heavy atom. The molecule has 126 valence electrons. The van der Waals surface area contributed by atoms with Crippen LogP contribution in [0.15, 0.2) is 48.5 Å². The number of fused-ring (bicyclic) bond motifs is 1. The summed E-state index contributed by atoms with van der Waals surface area (Å²) in [5.74, 6) is 1.70. The minimum atomic E-state index is 0.266. The summed E-state index contributed by atoms with van der Waals surface area (Å²) < 4.78 is 12.2. The SMILES string of the molecule is COc1ccc(OCCN(C)C(C)c2nc3ccccc3s2)cc1. The van der Waals surface area contributed by atoms with E-state index in [-0.39, 0.29) is 6.04 Å². The molecule has 0 fully saturated rings. The number of para-hydroxylation sites is 1. The zero-order valence-corrected chi connectivity index (χ0v) is 15.0. The van der Waals surface area contributed by atoms with Crippen molar-refractivity contribution in [1.29, 1.82) is 0 Å². The lowest BCUT2D eigenvalue weighted by atomic mass is 10.3. The molecule has 0 aliphatic heterocycles. The molecule has 1 atom stereocenters. The van der Waals surface area contributed by atoms with Gasteiger partial charge in [0.05, 0.1) is 23.4 Å². The highest BCUT2D eigenvalue weighted by atomic mass is 32.1. The van der Waals surface area contributed by atoms with Gasteiger partial charge in [-0.3, -0.25) is 4.90 Å². The summed E-state index contributed by atoms with van der Waals surface area (Å²) in [6.45, 7) is 3.66. The average Bonchev–Trinajstić information content (AvgIpc) is 3.05. The summed E-state index contributed by atoms with van der Waals surface area (Å²) in [6, 6.07) is 16.2.